The lowest BCUT2D eigenvalue weighted by atomic mass is 9.98. The molecule has 0 aromatic heterocycles. The summed E-state index contributed by atoms with van der Waals surface area (Å²) in [7, 11) is 0. The maximum atomic E-state index is 13.2. The average Bonchev–Trinajstić information content (AvgIpc) is 3.35. The molecule has 1 aliphatic rings. The predicted octanol–water partition coefficient (Wildman–Crippen LogP) is 12.1. The molecule has 1 amide bonds. The number of allylic oxidation sites excluding steroid dienone is 4. The van der Waals surface area contributed by atoms with Crippen LogP contribution in [0.15, 0.2) is 24.3 Å². The van der Waals surface area contributed by atoms with E-state index in [1.54, 1.807) is 0 Å². The van der Waals surface area contributed by atoms with Gasteiger partial charge >= 0.3 is 0 Å². The Kier molecular flexibility index (Phi) is 45.2. The molecule has 0 aliphatic carbocycles. The highest BCUT2D eigenvalue weighted by Crippen LogP contribution is 2.23. The summed E-state index contributed by atoms with van der Waals surface area (Å²) < 4.78 is 11.1. The fourth-order valence-electron chi connectivity index (χ4n) is 9.47. The molecule has 0 aromatic carbocycles. The first-order valence-electron chi connectivity index (χ1n) is 29.2. The summed E-state index contributed by atoms with van der Waals surface area (Å²) in [5, 5.41) is 76.2. The third kappa shape index (κ3) is 36.2. The SMILES string of the molecule is CCCCCCCCCCC/C=C\C/C=C\CCCCCCCCC(O)C(=O)NC(COC1OC(CO)C(O)C(O)C1O)C(O)C(O)CCCCCCCCCCCCCCCCCCCCCC. The molecule has 9 unspecified atom stereocenters. The molecule has 1 rings (SSSR count). The molecule has 11 heteroatoms. The van der Waals surface area contributed by atoms with Crippen LogP contribution in [0, 0.1) is 0 Å². The second-order valence-corrected chi connectivity index (χ2v) is 20.7. The molecule has 0 bridgehead atoms. The van der Waals surface area contributed by atoms with Crippen LogP contribution in [0.2, 0.25) is 0 Å². The van der Waals surface area contributed by atoms with Crippen LogP contribution in [-0.4, -0.2) is 110 Å². The van der Waals surface area contributed by atoms with E-state index >= 15 is 0 Å². The third-order valence-corrected chi connectivity index (χ3v) is 14.3. The average molecular weight is 983 g/mol. The molecule has 9 atom stereocenters. The largest absolute Gasteiger partial charge is 0.394 e. The van der Waals surface area contributed by atoms with Crippen LogP contribution in [0.25, 0.3) is 0 Å². The fraction of sp³-hybridized carbons (Fsp3) is 0.914. The van der Waals surface area contributed by atoms with Crippen molar-refractivity contribution >= 4 is 5.91 Å². The highest BCUT2D eigenvalue weighted by atomic mass is 16.7. The number of nitrogens with one attached hydrogen (secondary N) is 1. The van der Waals surface area contributed by atoms with Gasteiger partial charge in [-0.15, -0.1) is 0 Å². The van der Waals surface area contributed by atoms with E-state index in [2.05, 4.69) is 43.5 Å². The molecule has 69 heavy (non-hydrogen) atoms. The third-order valence-electron chi connectivity index (χ3n) is 14.3. The number of rotatable bonds is 50. The molecule has 11 nitrogen and oxygen atoms in total. The fourth-order valence-corrected chi connectivity index (χ4v) is 9.47. The molecule has 1 saturated heterocycles. The van der Waals surface area contributed by atoms with Gasteiger partial charge in [0.1, 0.15) is 36.6 Å². The Morgan fingerprint density at radius 1 is 0.507 bits per heavy atom. The van der Waals surface area contributed by atoms with Gasteiger partial charge in [0.15, 0.2) is 6.29 Å². The first kappa shape index (κ1) is 65.6. The zero-order valence-corrected chi connectivity index (χ0v) is 44.6. The lowest BCUT2D eigenvalue weighted by Gasteiger charge is -2.40. The van der Waals surface area contributed by atoms with E-state index in [4.69, 9.17) is 9.47 Å². The van der Waals surface area contributed by atoms with Gasteiger partial charge < -0.3 is 50.5 Å². The maximum absolute atomic E-state index is 13.2. The van der Waals surface area contributed by atoms with E-state index in [0.29, 0.717) is 19.3 Å². The molecular weight excluding hydrogens is 871 g/mol. The van der Waals surface area contributed by atoms with Crippen molar-refractivity contribution in [2.24, 2.45) is 0 Å². The standard InChI is InChI=1S/C58H111NO10/c1-3-5-7-9-11-13-15-17-19-21-23-25-26-28-30-32-34-36-38-40-42-44-46-51(62)57(67)59-49(48-68-58-56(66)55(65)54(64)52(47-60)69-58)53(63)50(61)45-43-41-39-37-35-33-31-29-27-24-22-20-18-16-14-12-10-8-6-4-2/h23,25,28,30,49-56,58,60-66H,3-22,24,26-27,29,31-48H2,1-2H3,(H,59,67)/b25-23-,30-28-. The highest BCUT2D eigenvalue weighted by Gasteiger charge is 2.44. The van der Waals surface area contributed by atoms with Crippen molar-refractivity contribution in [3.63, 3.8) is 0 Å². The number of hydrogen-bond acceptors (Lipinski definition) is 10. The lowest BCUT2D eigenvalue weighted by Crippen LogP contribution is -2.60. The summed E-state index contributed by atoms with van der Waals surface area (Å²) in [5.74, 6) is -0.701. The summed E-state index contributed by atoms with van der Waals surface area (Å²) in [6.45, 7) is 3.48. The van der Waals surface area contributed by atoms with Crippen molar-refractivity contribution in [1.82, 2.24) is 5.32 Å². The minimum atomic E-state index is -1.66. The Balaban J connectivity index is 2.33. The Hall–Kier alpha value is -1.41. The number of carbonyl (C=O) groups is 1. The number of unbranched alkanes of at least 4 members (excludes halogenated alkanes) is 34. The van der Waals surface area contributed by atoms with E-state index < -0.39 is 74.2 Å². The molecule has 1 fully saturated rings. The van der Waals surface area contributed by atoms with Crippen LogP contribution in [0.4, 0.5) is 0 Å². The molecular formula is C58H111NO10. The topological polar surface area (TPSA) is 189 Å². The molecule has 408 valence electrons. The Morgan fingerprint density at radius 2 is 0.884 bits per heavy atom. The van der Waals surface area contributed by atoms with Crippen LogP contribution >= 0.6 is 0 Å². The molecule has 0 radical (unpaired) electrons. The molecule has 8 N–H and O–H groups in total. The van der Waals surface area contributed by atoms with Gasteiger partial charge in [-0.1, -0.05) is 250 Å². The first-order valence-corrected chi connectivity index (χ1v) is 29.2. The van der Waals surface area contributed by atoms with Gasteiger partial charge in [-0.25, -0.2) is 0 Å². The summed E-state index contributed by atoms with van der Waals surface area (Å²) in [6.07, 6.45) is 45.1. The number of amides is 1. The Bertz CT molecular complexity index is 1170. The van der Waals surface area contributed by atoms with E-state index in [1.807, 2.05) is 0 Å². The van der Waals surface area contributed by atoms with Gasteiger partial charge in [0.25, 0.3) is 0 Å². The van der Waals surface area contributed by atoms with Crippen molar-refractivity contribution in [1.29, 1.82) is 0 Å². The monoisotopic (exact) mass is 982 g/mol. The minimum Gasteiger partial charge on any atom is -0.394 e. The highest BCUT2D eigenvalue weighted by molar-refractivity contribution is 5.80. The second-order valence-electron chi connectivity index (χ2n) is 20.7. The van der Waals surface area contributed by atoms with E-state index in [0.717, 1.165) is 64.2 Å². The van der Waals surface area contributed by atoms with Crippen molar-refractivity contribution in [3.8, 4) is 0 Å². The van der Waals surface area contributed by atoms with Crippen LogP contribution in [0.1, 0.15) is 271 Å². The van der Waals surface area contributed by atoms with Crippen LogP contribution in [0.5, 0.6) is 0 Å². The van der Waals surface area contributed by atoms with Gasteiger partial charge in [-0.3, -0.25) is 4.79 Å². The van der Waals surface area contributed by atoms with Crippen LogP contribution in [0.3, 0.4) is 0 Å². The zero-order valence-electron chi connectivity index (χ0n) is 44.6. The van der Waals surface area contributed by atoms with Crippen LogP contribution < -0.4 is 5.32 Å². The first-order chi connectivity index (χ1) is 33.7. The van der Waals surface area contributed by atoms with Gasteiger partial charge in [-0.05, 0) is 44.9 Å². The van der Waals surface area contributed by atoms with Gasteiger partial charge in [-0.2, -0.15) is 0 Å². The van der Waals surface area contributed by atoms with E-state index in [-0.39, 0.29) is 6.42 Å². The number of carbonyl (C=O) groups excluding carboxylic acids is 1. The smallest absolute Gasteiger partial charge is 0.249 e. The van der Waals surface area contributed by atoms with Crippen molar-refractivity contribution < 1.29 is 50.0 Å². The predicted molar refractivity (Wildman–Crippen MR) is 284 cm³/mol. The maximum Gasteiger partial charge on any atom is 0.249 e. The number of aliphatic hydroxyl groups excluding tert-OH is 7. The second kappa shape index (κ2) is 47.6. The number of hydrogen-bond donors (Lipinski definition) is 8. The molecule has 0 aromatic rings. The van der Waals surface area contributed by atoms with Crippen molar-refractivity contribution in [2.75, 3.05) is 13.2 Å². The molecule has 0 saturated carbocycles. The summed E-state index contributed by atoms with van der Waals surface area (Å²) in [6, 6.07) is -1.17. The number of aliphatic hydroxyl groups is 7. The Morgan fingerprint density at radius 3 is 1.29 bits per heavy atom. The Labute approximate surface area is 423 Å². The van der Waals surface area contributed by atoms with Crippen molar-refractivity contribution in [2.45, 2.75) is 326 Å². The lowest BCUT2D eigenvalue weighted by molar-refractivity contribution is -0.303. The summed E-state index contributed by atoms with van der Waals surface area (Å²) in [5.41, 5.74) is 0. The van der Waals surface area contributed by atoms with Gasteiger partial charge in [0, 0.05) is 0 Å². The molecule has 1 aliphatic heterocycles. The van der Waals surface area contributed by atoms with E-state index in [9.17, 15) is 40.5 Å². The summed E-state index contributed by atoms with van der Waals surface area (Å²) >= 11 is 0. The number of ether oxygens (including phenoxy) is 2. The summed E-state index contributed by atoms with van der Waals surface area (Å²) in [4.78, 5) is 13.2. The normalized spacial score (nSPS) is 20.5. The zero-order chi connectivity index (χ0) is 50.4. The van der Waals surface area contributed by atoms with Crippen molar-refractivity contribution in [3.05, 3.63) is 24.3 Å². The van der Waals surface area contributed by atoms with Crippen LogP contribution in [-0.2, 0) is 14.3 Å². The quantitative estimate of drug-likeness (QED) is 0.0215. The van der Waals surface area contributed by atoms with Gasteiger partial charge in [0.05, 0.1) is 25.4 Å². The molecule has 1 heterocycles. The molecule has 0 spiro atoms. The van der Waals surface area contributed by atoms with E-state index in [1.165, 1.54) is 167 Å². The minimum absolute atomic E-state index is 0.250. The van der Waals surface area contributed by atoms with Gasteiger partial charge in [0.2, 0.25) is 5.91 Å².